The van der Waals surface area contributed by atoms with Crippen molar-refractivity contribution < 1.29 is 14.6 Å². The van der Waals surface area contributed by atoms with E-state index in [-0.39, 0.29) is 18.1 Å². The van der Waals surface area contributed by atoms with Crippen LogP contribution in [-0.2, 0) is 22.5 Å². The zero-order valence-electron chi connectivity index (χ0n) is 14.8. The second kappa shape index (κ2) is 8.19. The molecule has 1 saturated carbocycles. The standard InChI is InChI=1S/C20H26N2O3/c1-15-21-10-12-22(15)11-5-13-25-19(23)14-17-8-4-9-18(20(17)24)16-6-2-3-7-16/h4,8-10,12,16,24H,2-3,5-7,11,13-14H2,1H3. The van der Waals surface area contributed by atoms with Crippen LogP contribution in [0, 0.1) is 6.92 Å². The van der Waals surface area contributed by atoms with Gasteiger partial charge in [-0.2, -0.15) is 0 Å². The van der Waals surface area contributed by atoms with E-state index in [2.05, 4.69) is 4.98 Å². The molecule has 1 aliphatic carbocycles. The molecule has 5 heteroatoms. The number of aryl methyl sites for hydroxylation is 2. The topological polar surface area (TPSA) is 64.4 Å². The molecule has 0 amide bonds. The lowest BCUT2D eigenvalue weighted by Crippen LogP contribution is -2.11. The summed E-state index contributed by atoms with van der Waals surface area (Å²) in [4.78, 5) is 16.2. The second-order valence-corrected chi connectivity index (χ2v) is 6.76. The van der Waals surface area contributed by atoms with E-state index in [4.69, 9.17) is 4.74 Å². The minimum Gasteiger partial charge on any atom is -0.507 e. The maximum atomic E-state index is 12.1. The van der Waals surface area contributed by atoms with Gasteiger partial charge in [0.15, 0.2) is 0 Å². The Kier molecular flexibility index (Phi) is 5.74. The minimum atomic E-state index is -0.291. The molecular formula is C20H26N2O3. The van der Waals surface area contributed by atoms with Crippen LogP contribution in [0.5, 0.6) is 5.75 Å². The number of hydrogen-bond donors (Lipinski definition) is 1. The van der Waals surface area contributed by atoms with E-state index in [1.165, 1.54) is 12.8 Å². The zero-order valence-corrected chi connectivity index (χ0v) is 14.8. The van der Waals surface area contributed by atoms with E-state index < -0.39 is 0 Å². The summed E-state index contributed by atoms with van der Waals surface area (Å²) in [7, 11) is 0. The van der Waals surface area contributed by atoms with Crippen molar-refractivity contribution in [3.05, 3.63) is 47.5 Å². The van der Waals surface area contributed by atoms with Crippen molar-refractivity contribution in [1.82, 2.24) is 9.55 Å². The quantitative estimate of drug-likeness (QED) is 0.615. The molecule has 0 bridgehead atoms. The van der Waals surface area contributed by atoms with Gasteiger partial charge in [0, 0.05) is 24.5 Å². The van der Waals surface area contributed by atoms with Gasteiger partial charge < -0.3 is 14.4 Å². The number of hydrogen-bond acceptors (Lipinski definition) is 4. The molecule has 0 saturated heterocycles. The van der Waals surface area contributed by atoms with Gasteiger partial charge in [0.05, 0.1) is 13.0 Å². The molecule has 0 unspecified atom stereocenters. The van der Waals surface area contributed by atoms with Crippen molar-refractivity contribution >= 4 is 5.97 Å². The van der Waals surface area contributed by atoms with E-state index in [9.17, 15) is 9.90 Å². The Morgan fingerprint density at radius 1 is 1.36 bits per heavy atom. The fraction of sp³-hybridized carbons (Fsp3) is 0.500. The Balaban J connectivity index is 1.49. The molecule has 134 valence electrons. The van der Waals surface area contributed by atoms with Crippen molar-refractivity contribution in [2.45, 2.75) is 57.9 Å². The molecular weight excluding hydrogens is 316 g/mol. The Morgan fingerprint density at radius 3 is 2.88 bits per heavy atom. The monoisotopic (exact) mass is 342 g/mol. The molecule has 2 aromatic rings. The van der Waals surface area contributed by atoms with Crippen LogP contribution in [0.25, 0.3) is 0 Å². The molecule has 0 aliphatic heterocycles. The summed E-state index contributed by atoms with van der Waals surface area (Å²) in [6, 6.07) is 5.72. The summed E-state index contributed by atoms with van der Waals surface area (Å²) >= 11 is 0. The minimum absolute atomic E-state index is 0.122. The summed E-state index contributed by atoms with van der Waals surface area (Å²) < 4.78 is 7.35. The van der Waals surface area contributed by atoms with Gasteiger partial charge in [-0.3, -0.25) is 4.79 Å². The number of aromatic nitrogens is 2. The third-order valence-electron chi connectivity index (χ3n) is 5.01. The molecule has 1 aromatic carbocycles. The normalized spacial score (nSPS) is 14.8. The molecule has 0 spiro atoms. The molecule has 1 aromatic heterocycles. The number of carbonyl (C=O) groups is 1. The number of imidazole rings is 1. The van der Waals surface area contributed by atoms with Gasteiger partial charge in [0.1, 0.15) is 11.6 Å². The van der Waals surface area contributed by atoms with E-state index in [1.807, 2.05) is 35.9 Å². The van der Waals surface area contributed by atoms with Crippen molar-refractivity contribution in [3.8, 4) is 5.75 Å². The number of aromatic hydroxyl groups is 1. The first-order valence-corrected chi connectivity index (χ1v) is 9.09. The summed E-state index contributed by atoms with van der Waals surface area (Å²) in [6.07, 6.45) is 9.22. The maximum Gasteiger partial charge on any atom is 0.310 e. The summed E-state index contributed by atoms with van der Waals surface area (Å²) in [5, 5.41) is 10.5. The fourth-order valence-electron chi connectivity index (χ4n) is 3.59. The third-order valence-corrected chi connectivity index (χ3v) is 5.01. The number of benzene rings is 1. The number of para-hydroxylation sites is 1. The summed E-state index contributed by atoms with van der Waals surface area (Å²) in [5.74, 6) is 1.37. The van der Waals surface area contributed by atoms with Crippen LogP contribution in [0.2, 0.25) is 0 Å². The molecule has 3 rings (SSSR count). The Labute approximate surface area is 148 Å². The van der Waals surface area contributed by atoms with Gasteiger partial charge >= 0.3 is 5.97 Å². The molecule has 1 aliphatic rings. The van der Waals surface area contributed by atoms with Crippen molar-refractivity contribution in [2.24, 2.45) is 0 Å². The first-order valence-electron chi connectivity index (χ1n) is 9.09. The molecule has 1 N–H and O–H groups in total. The van der Waals surface area contributed by atoms with Crippen LogP contribution in [0.4, 0.5) is 0 Å². The van der Waals surface area contributed by atoms with Crippen LogP contribution in [0.1, 0.15) is 55.0 Å². The van der Waals surface area contributed by atoms with Crippen molar-refractivity contribution in [1.29, 1.82) is 0 Å². The smallest absolute Gasteiger partial charge is 0.310 e. The van der Waals surface area contributed by atoms with Gasteiger partial charge in [-0.05, 0) is 37.7 Å². The third kappa shape index (κ3) is 4.41. The lowest BCUT2D eigenvalue weighted by Gasteiger charge is -2.14. The highest BCUT2D eigenvalue weighted by Gasteiger charge is 2.22. The van der Waals surface area contributed by atoms with Crippen LogP contribution < -0.4 is 0 Å². The second-order valence-electron chi connectivity index (χ2n) is 6.76. The number of carbonyl (C=O) groups excluding carboxylic acids is 1. The van der Waals surface area contributed by atoms with Gasteiger partial charge in [-0.25, -0.2) is 4.98 Å². The van der Waals surface area contributed by atoms with Crippen molar-refractivity contribution in [3.63, 3.8) is 0 Å². The van der Waals surface area contributed by atoms with E-state index >= 15 is 0 Å². The number of ether oxygens (including phenoxy) is 1. The van der Waals surface area contributed by atoms with Gasteiger partial charge in [0.2, 0.25) is 0 Å². The predicted octanol–water partition coefficient (Wildman–Crippen LogP) is 3.73. The van der Waals surface area contributed by atoms with Gasteiger partial charge in [-0.1, -0.05) is 31.0 Å². The predicted molar refractivity (Wildman–Crippen MR) is 95.6 cm³/mol. The first kappa shape index (κ1) is 17.5. The van der Waals surface area contributed by atoms with Crippen LogP contribution in [-0.4, -0.2) is 27.2 Å². The van der Waals surface area contributed by atoms with Gasteiger partial charge in [0.25, 0.3) is 0 Å². The molecule has 1 heterocycles. The number of phenolic OH excluding ortho intramolecular Hbond substituents is 1. The Morgan fingerprint density at radius 2 is 2.16 bits per heavy atom. The Hall–Kier alpha value is -2.30. The molecule has 0 atom stereocenters. The lowest BCUT2D eigenvalue weighted by molar-refractivity contribution is -0.143. The first-order chi connectivity index (χ1) is 12.1. The SMILES string of the molecule is Cc1nccn1CCCOC(=O)Cc1cccc(C2CCCC2)c1O. The molecule has 25 heavy (non-hydrogen) atoms. The number of phenols is 1. The van der Waals surface area contributed by atoms with Crippen LogP contribution in [0.15, 0.2) is 30.6 Å². The van der Waals surface area contributed by atoms with Crippen LogP contribution >= 0.6 is 0 Å². The van der Waals surface area contributed by atoms with Gasteiger partial charge in [-0.15, -0.1) is 0 Å². The number of nitrogens with zero attached hydrogens (tertiary/aromatic N) is 2. The summed E-state index contributed by atoms with van der Waals surface area (Å²) in [5.41, 5.74) is 1.65. The zero-order chi connectivity index (χ0) is 17.6. The average Bonchev–Trinajstić information content (AvgIpc) is 3.26. The highest BCUT2D eigenvalue weighted by Crippen LogP contribution is 2.39. The largest absolute Gasteiger partial charge is 0.507 e. The maximum absolute atomic E-state index is 12.1. The molecule has 1 fully saturated rings. The highest BCUT2D eigenvalue weighted by atomic mass is 16.5. The number of rotatable bonds is 7. The van der Waals surface area contributed by atoms with Crippen molar-refractivity contribution in [2.75, 3.05) is 6.61 Å². The summed E-state index contributed by atoms with van der Waals surface area (Å²) in [6.45, 7) is 3.10. The Bertz CT molecular complexity index is 717. The van der Waals surface area contributed by atoms with Crippen LogP contribution in [0.3, 0.4) is 0 Å². The molecule has 0 radical (unpaired) electrons. The van der Waals surface area contributed by atoms with E-state index in [0.29, 0.717) is 18.1 Å². The van der Waals surface area contributed by atoms with E-state index in [1.54, 1.807) is 6.20 Å². The highest BCUT2D eigenvalue weighted by molar-refractivity contribution is 5.73. The average molecular weight is 342 g/mol. The molecule has 5 nitrogen and oxygen atoms in total. The fourth-order valence-corrected chi connectivity index (χ4v) is 3.59. The number of esters is 1. The lowest BCUT2D eigenvalue weighted by atomic mass is 9.94. The van der Waals surface area contributed by atoms with E-state index in [0.717, 1.165) is 37.2 Å².